The molecule has 1 fully saturated rings. The van der Waals surface area contributed by atoms with Gasteiger partial charge in [-0.15, -0.1) is 0 Å². The first-order valence-electron chi connectivity index (χ1n) is 6.70. The van der Waals surface area contributed by atoms with Crippen LogP contribution in [0.1, 0.15) is 5.56 Å². The number of ether oxygens (including phenoxy) is 3. The van der Waals surface area contributed by atoms with Gasteiger partial charge in [-0.2, -0.15) is 24.9 Å². The molecule has 0 spiro atoms. The summed E-state index contributed by atoms with van der Waals surface area (Å²) in [5.41, 5.74) is 0.832. The van der Waals surface area contributed by atoms with Crippen LogP contribution in [0.5, 0.6) is 5.75 Å². The maximum absolute atomic E-state index is 12.0. The molecule has 0 aromatic heterocycles. The van der Waals surface area contributed by atoms with E-state index >= 15 is 0 Å². The van der Waals surface area contributed by atoms with Crippen LogP contribution in [-0.2, 0) is 9.47 Å². The fourth-order valence-electron chi connectivity index (χ4n) is 1.78. The molecule has 1 heterocycles. The number of halogens is 3. The third-order valence-corrected chi connectivity index (χ3v) is 3.89. The number of hydrogen-bond acceptors (Lipinski definition) is 4. The molecule has 0 amide bonds. The Labute approximate surface area is 131 Å². The molecule has 0 bridgehead atoms. The van der Waals surface area contributed by atoms with E-state index in [0.29, 0.717) is 18.5 Å². The molecule has 0 saturated carbocycles. The number of hydrogen-bond donors (Lipinski definition) is 0. The Balaban J connectivity index is 1.82. The molecule has 22 heavy (non-hydrogen) atoms. The molecule has 1 saturated heterocycles. The van der Waals surface area contributed by atoms with Crippen molar-refractivity contribution in [3.63, 3.8) is 0 Å². The predicted molar refractivity (Wildman–Crippen MR) is 80.0 cm³/mol. The Morgan fingerprint density at radius 3 is 2.41 bits per heavy atom. The van der Waals surface area contributed by atoms with Crippen LogP contribution < -0.4 is 4.74 Å². The summed E-state index contributed by atoms with van der Waals surface area (Å²) >= 11 is 1.70. The molecule has 0 aliphatic carbocycles. The summed E-state index contributed by atoms with van der Waals surface area (Å²) in [5, 5.41) is 0.356. The summed E-state index contributed by atoms with van der Waals surface area (Å²) in [7, 11) is 0. The lowest BCUT2D eigenvalue weighted by Crippen LogP contribution is -2.32. The van der Waals surface area contributed by atoms with Crippen molar-refractivity contribution < 1.29 is 27.4 Å². The van der Waals surface area contributed by atoms with Gasteiger partial charge in [0.15, 0.2) is 12.9 Å². The summed E-state index contributed by atoms with van der Waals surface area (Å²) in [5.74, 6) is 0.183. The zero-order valence-corrected chi connectivity index (χ0v) is 12.8. The molecule has 0 N–H and O–H groups in total. The van der Waals surface area contributed by atoms with Gasteiger partial charge in [-0.05, 0) is 30.0 Å². The highest BCUT2D eigenvalue weighted by atomic mass is 32.2. The van der Waals surface area contributed by atoms with Crippen LogP contribution in [0, 0.1) is 0 Å². The summed E-state index contributed by atoms with van der Waals surface area (Å²) in [6.45, 7) is -0.0106. The van der Waals surface area contributed by atoms with Crippen LogP contribution in [-0.4, -0.2) is 43.8 Å². The minimum Gasteiger partial charge on any atom is -0.484 e. The van der Waals surface area contributed by atoms with Gasteiger partial charge in [0.05, 0.1) is 18.5 Å². The van der Waals surface area contributed by atoms with Gasteiger partial charge < -0.3 is 14.2 Å². The molecule has 122 valence electrons. The van der Waals surface area contributed by atoms with Crippen LogP contribution in [0.25, 0.3) is 6.08 Å². The lowest BCUT2D eigenvalue weighted by atomic mass is 10.2. The van der Waals surface area contributed by atoms with E-state index in [1.807, 2.05) is 6.26 Å². The molecule has 0 radical (unpaired) electrons. The second-order valence-electron chi connectivity index (χ2n) is 4.72. The van der Waals surface area contributed by atoms with E-state index in [0.717, 1.165) is 5.56 Å². The van der Waals surface area contributed by atoms with Crippen LogP contribution >= 0.6 is 11.8 Å². The van der Waals surface area contributed by atoms with Gasteiger partial charge in [-0.25, -0.2) is 0 Å². The zero-order valence-electron chi connectivity index (χ0n) is 12.0. The van der Waals surface area contributed by atoms with Crippen molar-refractivity contribution in [1.29, 1.82) is 0 Å². The third-order valence-electron chi connectivity index (χ3n) is 2.95. The van der Waals surface area contributed by atoms with E-state index in [1.165, 1.54) is 12.1 Å². The van der Waals surface area contributed by atoms with Crippen molar-refractivity contribution in [3.05, 3.63) is 35.9 Å². The highest BCUT2D eigenvalue weighted by molar-refractivity contribution is 7.99. The van der Waals surface area contributed by atoms with Gasteiger partial charge in [-0.1, -0.05) is 18.2 Å². The molecular weight excluding hydrogens is 317 g/mol. The Kier molecular flexibility index (Phi) is 6.16. The molecule has 2 rings (SSSR count). The van der Waals surface area contributed by atoms with Gasteiger partial charge in [0, 0.05) is 0 Å². The van der Waals surface area contributed by atoms with E-state index in [2.05, 4.69) is 4.74 Å². The normalized spacial score (nSPS) is 22.9. The fourth-order valence-corrected chi connectivity index (χ4v) is 2.21. The van der Waals surface area contributed by atoms with Crippen molar-refractivity contribution in [3.8, 4) is 5.75 Å². The lowest BCUT2D eigenvalue weighted by Gasteiger charge is -2.26. The largest absolute Gasteiger partial charge is 0.484 e. The first-order valence-corrected chi connectivity index (χ1v) is 7.99. The van der Waals surface area contributed by atoms with Gasteiger partial charge >= 0.3 is 6.18 Å². The van der Waals surface area contributed by atoms with Gasteiger partial charge in [0.2, 0.25) is 0 Å². The van der Waals surface area contributed by atoms with Gasteiger partial charge in [-0.3, -0.25) is 0 Å². The maximum atomic E-state index is 12.0. The lowest BCUT2D eigenvalue weighted by molar-refractivity contribution is -0.153. The van der Waals surface area contributed by atoms with E-state index < -0.39 is 12.8 Å². The SMILES string of the molecule is CSC1COC(C=Cc2ccc(OCC(F)(F)F)cc2)OC1. The molecule has 0 atom stereocenters. The topological polar surface area (TPSA) is 27.7 Å². The molecule has 7 heteroatoms. The fraction of sp³-hybridized carbons (Fsp3) is 0.467. The molecule has 3 nitrogen and oxygen atoms in total. The van der Waals surface area contributed by atoms with E-state index in [1.54, 1.807) is 36.0 Å². The minimum atomic E-state index is -4.33. The second kappa shape index (κ2) is 7.89. The molecule has 1 aromatic rings. The number of alkyl halides is 3. The zero-order chi connectivity index (χ0) is 16.0. The van der Waals surface area contributed by atoms with Gasteiger partial charge in [0.25, 0.3) is 0 Å². The number of rotatable bonds is 5. The van der Waals surface area contributed by atoms with E-state index in [4.69, 9.17) is 9.47 Å². The van der Waals surface area contributed by atoms with Crippen molar-refractivity contribution in [2.45, 2.75) is 17.7 Å². The van der Waals surface area contributed by atoms with Gasteiger partial charge in [0.1, 0.15) is 5.75 Å². The van der Waals surface area contributed by atoms with Crippen LogP contribution in [0.2, 0.25) is 0 Å². The molecule has 1 aromatic carbocycles. The van der Waals surface area contributed by atoms with Crippen molar-refractivity contribution >= 4 is 17.8 Å². The second-order valence-corrected chi connectivity index (χ2v) is 5.86. The summed E-state index contributed by atoms with van der Waals surface area (Å²) in [6, 6.07) is 6.35. The standard InChI is InChI=1S/C15H17F3O3S/c1-22-13-8-19-14(20-9-13)7-4-11-2-5-12(6-3-11)21-10-15(16,17)18/h2-7,13-14H,8-10H2,1H3. The average molecular weight is 334 g/mol. The van der Waals surface area contributed by atoms with Crippen molar-refractivity contribution in [1.82, 2.24) is 0 Å². The first kappa shape index (κ1) is 17.2. The monoisotopic (exact) mass is 334 g/mol. The average Bonchev–Trinajstić information content (AvgIpc) is 2.52. The quantitative estimate of drug-likeness (QED) is 0.820. The Morgan fingerprint density at radius 2 is 1.86 bits per heavy atom. The minimum absolute atomic E-state index is 0.183. The van der Waals surface area contributed by atoms with E-state index in [9.17, 15) is 13.2 Å². The highest BCUT2D eigenvalue weighted by Crippen LogP contribution is 2.20. The summed E-state index contributed by atoms with van der Waals surface area (Å²) in [4.78, 5) is 0. The van der Waals surface area contributed by atoms with E-state index in [-0.39, 0.29) is 12.0 Å². The van der Waals surface area contributed by atoms with Crippen molar-refractivity contribution in [2.24, 2.45) is 0 Å². The molecule has 0 unspecified atom stereocenters. The third kappa shape index (κ3) is 5.90. The Hall–Kier alpha value is -1.18. The first-order chi connectivity index (χ1) is 10.5. The smallest absolute Gasteiger partial charge is 0.422 e. The summed E-state index contributed by atoms with van der Waals surface area (Å²) in [6.07, 6.45) is 0.878. The predicted octanol–water partition coefficient (Wildman–Crippen LogP) is 3.75. The molecule has 1 aliphatic heterocycles. The number of thioether (sulfide) groups is 1. The van der Waals surface area contributed by atoms with Crippen LogP contribution in [0.15, 0.2) is 30.3 Å². The highest BCUT2D eigenvalue weighted by Gasteiger charge is 2.28. The maximum Gasteiger partial charge on any atom is 0.422 e. The van der Waals surface area contributed by atoms with Crippen LogP contribution in [0.4, 0.5) is 13.2 Å². The van der Waals surface area contributed by atoms with Crippen molar-refractivity contribution in [2.75, 3.05) is 26.1 Å². The van der Waals surface area contributed by atoms with Crippen LogP contribution in [0.3, 0.4) is 0 Å². The molecular formula is C15H17F3O3S. The molecule has 1 aliphatic rings. The summed E-state index contributed by atoms with van der Waals surface area (Å²) < 4.78 is 51.8. The number of benzene rings is 1. The Bertz CT molecular complexity index is 480. The Morgan fingerprint density at radius 1 is 1.23 bits per heavy atom.